The predicted molar refractivity (Wildman–Crippen MR) is 76.9 cm³/mol. The van der Waals surface area contributed by atoms with E-state index in [1.54, 1.807) is 6.07 Å². The monoisotopic (exact) mass is 264 g/mol. The van der Waals surface area contributed by atoms with Crippen molar-refractivity contribution in [3.8, 4) is 5.75 Å². The average Bonchev–Trinajstić information content (AvgIpc) is 2.35. The second-order valence-electron chi connectivity index (χ2n) is 5.21. The molecule has 0 radical (unpaired) electrons. The van der Waals surface area contributed by atoms with Gasteiger partial charge in [-0.05, 0) is 49.9 Å². The summed E-state index contributed by atoms with van der Waals surface area (Å²) in [5, 5.41) is 0. The van der Waals surface area contributed by atoms with Crippen molar-refractivity contribution in [2.24, 2.45) is 0 Å². The molecular weight excluding hydrogens is 240 g/mol. The number of ether oxygens (including phenoxy) is 2. The van der Waals surface area contributed by atoms with Gasteiger partial charge in [-0.1, -0.05) is 20.8 Å². The van der Waals surface area contributed by atoms with Crippen LogP contribution in [0.3, 0.4) is 0 Å². The SMILES string of the molecule is CCCOc1ccc(C(=O)OC(C)C)cc1C(C)C. The van der Waals surface area contributed by atoms with Crippen molar-refractivity contribution < 1.29 is 14.3 Å². The lowest BCUT2D eigenvalue weighted by atomic mass is 9.99. The largest absolute Gasteiger partial charge is 0.493 e. The van der Waals surface area contributed by atoms with Crippen LogP contribution in [0.5, 0.6) is 5.75 Å². The highest BCUT2D eigenvalue weighted by molar-refractivity contribution is 5.90. The quantitative estimate of drug-likeness (QED) is 0.724. The molecule has 0 aliphatic carbocycles. The summed E-state index contributed by atoms with van der Waals surface area (Å²) in [6, 6.07) is 5.50. The van der Waals surface area contributed by atoms with Gasteiger partial charge in [-0.15, -0.1) is 0 Å². The van der Waals surface area contributed by atoms with Crippen LogP contribution in [-0.4, -0.2) is 18.7 Å². The van der Waals surface area contributed by atoms with Crippen molar-refractivity contribution in [3.05, 3.63) is 29.3 Å². The van der Waals surface area contributed by atoms with Crippen molar-refractivity contribution in [3.63, 3.8) is 0 Å². The van der Waals surface area contributed by atoms with Crippen molar-refractivity contribution >= 4 is 5.97 Å². The molecule has 0 heterocycles. The van der Waals surface area contributed by atoms with E-state index in [1.165, 1.54) is 0 Å². The number of carbonyl (C=O) groups excluding carboxylic acids is 1. The molecular formula is C16H24O3. The van der Waals surface area contributed by atoms with Crippen molar-refractivity contribution in [2.45, 2.75) is 53.1 Å². The molecule has 0 saturated heterocycles. The Balaban J connectivity index is 2.98. The molecule has 106 valence electrons. The minimum absolute atomic E-state index is 0.106. The molecule has 0 fully saturated rings. The summed E-state index contributed by atoms with van der Waals surface area (Å²) >= 11 is 0. The minimum atomic E-state index is -0.279. The highest BCUT2D eigenvalue weighted by Gasteiger charge is 2.14. The third kappa shape index (κ3) is 4.58. The molecule has 0 saturated carbocycles. The highest BCUT2D eigenvalue weighted by atomic mass is 16.5. The Kier molecular flexibility index (Phi) is 5.87. The number of carbonyl (C=O) groups is 1. The van der Waals surface area contributed by atoms with Crippen LogP contribution in [0.1, 0.15) is 62.9 Å². The summed E-state index contributed by atoms with van der Waals surface area (Å²) in [5.74, 6) is 0.885. The van der Waals surface area contributed by atoms with Gasteiger partial charge in [0.15, 0.2) is 0 Å². The van der Waals surface area contributed by atoms with Gasteiger partial charge < -0.3 is 9.47 Å². The van der Waals surface area contributed by atoms with Crippen LogP contribution >= 0.6 is 0 Å². The van der Waals surface area contributed by atoms with Gasteiger partial charge in [0.05, 0.1) is 18.3 Å². The third-order valence-corrected chi connectivity index (χ3v) is 2.67. The number of esters is 1. The van der Waals surface area contributed by atoms with E-state index in [1.807, 2.05) is 26.0 Å². The smallest absolute Gasteiger partial charge is 0.338 e. The van der Waals surface area contributed by atoms with E-state index in [4.69, 9.17) is 9.47 Å². The first-order chi connectivity index (χ1) is 8.95. The first-order valence-electron chi connectivity index (χ1n) is 6.93. The summed E-state index contributed by atoms with van der Waals surface area (Å²) in [6.07, 6.45) is 0.861. The molecule has 3 heteroatoms. The highest BCUT2D eigenvalue weighted by Crippen LogP contribution is 2.28. The van der Waals surface area contributed by atoms with Gasteiger partial charge in [0.25, 0.3) is 0 Å². The Morgan fingerprint density at radius 3 is 2.42 bits per heavy atom. The van der Waals surface area contributed by atoms with Crippen molar-refractivity contribution in [2.75, 3.05) is 6.61 Å². The first-order valence-corrected chi connectivity index (χ1v) is 6.93. The molecule has 0 aromatic heterocycles. The fourth-order valence-corrected chi connectivity index (χ4v) is 1.75. The second kappa shape index (κ2) is 7.17. The Morgan fingerprint density at radius 2 is 1.89 bits per heavy atom. The van der Waals surface area contributed by atoms with Gasteiger partial charge in [0, 0.05) is 0 Å². The standard InChI is InChI=1S/C16H24O3/c1-6-9-18-15-8-7-13(10-14(15)11(2)3)16(17)19-12(4)5/h7-8,10-12H,6,9H2,1-5H3. The van der Waals surface area contributed by atoms with Crippen molar-refractivity contribution in [1.82, 2.24) is 0 Å². The van der Waals surface area contributed by atoms with Crippen LogP contribution in [0.4, 0.5) is 0 Å². The fourth-order valence-electron chi connectivity index (χ4n) is 1.75. The van der Waals surface area contributed by atoms with Crippen LogP contribution < -0.4 is 4.74 Å². The molecule has 0 aliphatic heterocycles. The zero-order valence-corrected chi connectivity index (χ0v) is 12.5. The van der Waals surface area contributed by atoms with Crippen molar-refractivity contribution in [1.29, 1.82) is 0 Å². The molecule has 0 aliphatic rings. The summed E-state index contributed by atoms with van der Waals surface area (Å²) < 4.78 is 10.9. The Hall–Kier alpha value is -1.51. The molecule has 0 unspecified atom stereocenters. The maximum atomic E-state index is 11.9. The molecule has 0 spiro atoms. The van der Waals surface area contributed by atoms with E-state index in [0.717, 1.165) is 17.7 Å². The Morgan fingerprint density at radius 1 is 1.21 bits per heavy atom. The molecule has 1 rings (SSSR count). The first kappa shape index (κ1) is 15.5. The summed E-state index contributed by atoms with van der Waals surface area (Å²) in [5.41, 5.74) is 1.63. The topological polar surface area (TPSA) is 35.5 Å². The maximum absolute atomic E-state index is 11.9. The number of hydrogen-bond donors (Lipinski definition) is 0. The Labute approximate surface area is 115 Å². The second-order valence-corrected chi connectivity index (χ2v) is 5.21. The van der Waals surface area contributed by atoms with Crippen LogP contribution in [0, 0.1) is 0 Å². The lowest BCUT2D eigenvalue weighted by Crippen LogP contribution is -2.12. The zero-order chi connectivity index (χ0) is 14.4. The van der Waals surface area contributed by atoms with E-state index in [9.17, 15) is 4.79 Å². The maximum Gasteiger partial charge on any atom is 0.338 e. The summed E-state index contributed by atoms with van der Waals surface area (Å²) in [4.78, 5) is 11.9. The van der Waals surface area contributed by atoms with Crippen LogP contribution in [0.2, 0.25) is 0 Å². The fraction of sp³-hybridized carbons (Fsp3) is 0.562. The van der Waals surface area contributed by atoms with Gasteiger partial charge in [-0.25, -0.2) is 4.79 Å². The van der Waals surface area contributed by atoms with Gasteiger partial charge in [-0.2, -0.15) is 0 Å². The normalized spacial score (nSPS) is 10.9. The van der Waals surface area contributed by atoms with Gasteiger partial charge in [0.1, 0.15) is 5.75 Å². The zero-order valence-electron chi connectivity index (χ0n) is 12.5. The van der Waals surface area contributed by atoms with Gasteiger partial charge in [-0.3, -0.25) is 0 Å². The lowest BCUT2D eigenvalue weighted by molar-refractivity contribution is 0.0377. The number of rotatable bonds is 6. The van der Waals surface area contributed by atoms with E-state index in [-0.39, 0.29) is 12.1 Å². The summed E-state index contributed by atoms with van der Waals surface area (Å²) in [6.45, 7) is 10.6. The molecule has 1 aromatic rings. The molecule has 3 nitrogen and oxygen atoms in total. The van der Waals surface area contributed by atoms with Gasteiger partial charge in [0.2, 0.25) is 0 Å². The minimum Gasteiger partial charge on any atom is -0.493 e. The van der Waals surface area contributed by atoms with Gasteiger partial charge >= 0.3 is 5.97 Å². The Bertz CT molecular complexity index is 422. The molecule has 0 bridgehead atoms. The molecule has 1 aromatic carbocycles. The van der Waals surface area contributed by atoms with Crippen LogP contribution in [-0.2, 0) is 4.74 Å². The van der Waals surface area contributed by atoms with E-state index >= 15 is 0 Å². The van der Waals surface area contributed by atoms with E-state index in [0.29, 0.717) is 18.1 Å². The van der Waals surface area contributed by atoms with E-state index < -0.39 is 0 Å². The lowest BCUT2D eigenvalue weighted by Gasteiger charge is -2.15. The average molecular weight is 264 g/mol. The molecule has 0 atom stereocenters. The molecule has 19 heavy (non-hydrogen) atoms. The number of benzene rings is 1. The number of hydrogen-bond acceptors (Lipinski definition) is 3. The predicted octanol–water partition coefficient (Wildman–Crippen LogP) is 4.16. The third-order valence-electron chi connectivity index (χ3n) is 2.67. The van der Waals surface area contributed by atoms with E-state index in [2.05, 4.69) is 20.8 Å². The van der Waals surface area contributed by atoms with Crippen LogP contribution in [0.15, 0.2) is 18.2 Å². The molecule has 0 amide bonds. The molecule has 0 N–H and O–H groups in total. The summed E-state index contributed by atoms with van der Waals surface area (Å²) in [7, 11) is 0. The van der Waals surface area contributed by atoms with Crippen LogP contribution in [0.25, 0.3) is 0 Å².